The second-order valence-electron chi connectivity index (χ2n) is 5.28. The third-order valence-corrected chi connectivity index (χ3v) is 2.97. The molecule has 1 aromatic carbocycles. The number of rotatable bonds is 6. The molecule has 4 nitrogen and oxygen atoms in total. The first-order valence-corrected chi connectivity index (χ1v) is 6.57. The van der Waals surface area contributed by atoms with Crippen molar-refractivity contribution in [3.05, 3.63) is 29.8 Å². The highest BCUT2D eigenvalue weighted by molar-refractivity contribution is 5.81. The lowest BCUT2D eigenvalue weighted by Gasteiger charge is -2.22. The minimum absolute atomic E-state index is 0.0171. The Hall–Kier alpha value is -1.55. The summed E-state index contributed by atoms with van der Waals surface area (Å²) in [5, 5.41) is 0. The van der Waals surface area contributed by atoms with E-state index in [1.807, 2.05) is 24.3 Å². The number of ether oxygens (including phenoxy) is 1. The first kappa shape index (κ1) is 15.5. The lowest BCUT2D eigenvalue weighted by atomic mass is 10.0. The molecule has 1 rings (SSSR count). The molecule has 0 bridgehead atoms. The van der Waals surface area contributed by atoms with Crippen molar-refractivity contribution in [3.8, 4) is 5.75 Å². The van der Waals surface area contributed by atoms with Crippen LogP contribution in [0.25, 0.3) is 0 Å². The maximum absolute atomic E-state index is 12.1. The Labute approximate surface area is 115 Å². The second kappa shape index (κ2) is 7.14. The average Bonchev–Trinajstić information content (AvgIpc) is 2.37. The van der Waals surface area contributed by atoms with Gasteiger partial charge in [0, 0.05) is 13.6 Å². The summed E-state index contributed by atoms with van der Waals surface area (Å²) in [4.78, 5) is 13.8. The summed E-state index contributed by atoms with van der Waals surface area (Å²) in [6, 6.07) is 7.28. The van der Waals surface area contributed by atoms with Gasteiger partial charge in [0.25, 0.3) is 0 Å². The van der Waals surface area contributed by atoms with Crippen molar-refractivity contribution >= 4 is 5.91 Å². The van der Waals surface area contributed by atoms with Gasteiger partial charge >= 0.3 is 0 Å². The number of nitrogens with two attached hydrogens (primary N) is 1. The average molecular weight is 264 g/mol. The fraction of sp³-hybridized carbons (Fsp3) is 0.533. The standard InChI is InChI=1S/C15H24N2O2/c1-11(2)8-14(16)15(18)17(3)10-12-6-5-7-13(9-12)19-4/h5-7,9,11,14H,8,10,16H2,1-4H3. The molecule has 0 aliphatic rings. The quantitative estimate of drug-likeness (QED) is 0.855. The van der Waals surface area contributed by atoms with E-state index in [0.29, 0.717) is 18.9 Å². The fourth-order valence-corrected chi connectivity index (χ4v) is 2.01. The van der Waals surface area contributed by atoms with Crippen molar-refractivity contribution in [2.45, 2.75) is 32.9 Å². The van der Waals surface area contributed by atoms with Crippen molar-refractivity contribution in [2.24, 2.45) is 11.7 Å². The van der Waals surface area contributed by atoms with Gasteiger partial charge in [-0.2, -0.15) is 0 Å². The lowest BCUT2D eigenvalue weighted by Crippen LogP contribution is -2.42. The Morgan fingerprint density at radius 2 is 2.11 bits per heavy atom. The van der Waals surface area contributed by atoms with Crippen LogP contribution >= 0.6 is 0 Å². The van der Waals surface area contributed by atoms with Crippen molar-refractivity contribution < 1.29 is 9.53 Å². The van der Waals surface area contributed by atoms with Gasteiger partial charge < -0.3 is 15.4 Å². The van der Waals surface area contributed by atoms with Gasteiger partial charge in [-0.05, 0) is 30.0 Å². The molecule has 4 heteroatoms. The summed E-state index contributed by atoms with van der Waals surface area (Å²) in [5.41, 5.74) is 6.95. The predicted molar refractivity (Wildman–Crippen MR) is 76.9 cm³/mol. The van der Waals surface area contributed by atoms with E-state index in [9.17, 15) is 4.79 Å². The van der Waals surface area contributed by atoms with Gasteiger partial charge in [0.2, 0.25) is 5.91 Å². The van der Waals surface area contributed by atoms with Gasteiger partial charge in [-0.3, -0.25) is 4.79 Å². The van der Waals surface area contributed by atoms with Crippen LogP contribution in [-0.2, 0) is 11.3 Å². The highest BCUT2D eigenvalue weighted by Gasteiger charge is 2.19. The van der Waals surface area contributed by atoms with E-state index in [1.54, 1.807) is 19.1 Å². The molecule has 0 aliphatic carbocycles. The van der Waals surface area contributed by atoms with E-state index < -0.39 is 6.04 Å². The molecule has 0 heterocycles. The number of carbonyl (C=O) groups excluding carboxylic acids is 1. The molecule has 0 spiro atoms. The van der Waals surface area contributed by atoms with E-state index >= 15 is 0 Å². The van der Waals surface area contributed by atoms with Crippen molar-refractivity contribution in [1.29, 1.82) is 0 Å². The molecular formula is C15H24N2O2. The molecule has 0 aliphatic heterocycles. The number of nitrogens with zero attached hydrogens (tertiary/aromatic N) is 1. The van der Waals surface area contributed by atoms with E-state index in [2.05, 4.69) is 13.8 Å². The minimum Gasteiger partial charge on any atom is -0.497 e. The molecule has 19 heavy (non-hydrogen) atoms. The number of likely N-dealkylation sites (N-methyl/N-ethyl adjacent to an activating group) is 1. The summed E-state index contributed by atoms with van der Waals surface area (Å²) in [7, 11) is 3.41. The van der Waals surface area contributed by atoms with Gasteiger partial charge in [-0.25, -0.2) is 0 Å². The zero-order valence-corrected chi connectivity index (χ0v) is 12.2. The summed E-state index contributed by atoms with van der Waals surface area (Å²) >= 11 is 0. The second-order valence-corrected chi connectivity index (χ2v) is 5.28. The van der Waals surface area contributed by atoms with E-state index in [1.165, 1.54) is 0 Å². The van der Waals surface area contributed by atoms with E-state index in [0.717, 1.165) is 11.3 Å². The lowest BCUT2D eigenvalue weighted by molar-refractivity contribution is -0.132. The molecule has 0 radical (unpaired) electrons. The summed E-state index contributed by atoms with van der Waals surface area (Å²) in [6.45, 7) is 4.67. The van der Waals surface area contributed by atoms with Crippen LogP contribution in [0.2, 0.25) is 0 Å². The largest absolute Gasteiger partial charge is 0.497 e. The summed E-state index contributed by atoms with van der Waals surface area (Å²) < 4.78 is 5.17. The topological polar surface area (TPSA) is 55.6 Å². The molecule has 0 saturated heterocycles. The highest BCUT2D eigenvalue weighted by atomic mass is 16.5. The normalized spacial score (nSPS) is 12.3. The highest BCUT2D eigenvalue weighted by Crippen LogP contribution is 2.14. The van der Waals surface area contributed by atoms with E-state index in [-0.39, 0.29) is 5.91 Å². The van der Waals surface area contributed by atoms with Crippen LogP contribution in [0.4, 0.5) is 0 Å². The van der Waals surface area contributed by atoms with Crippen molar-refractivity contribution in [3.63, 3.8) is 0 Å². The van der Waals surface area contributed by atoms with Gasteiger partial charge in [0.1, 0.15) is 5.75 Å². The fourth-order valence-electron chi connectivity index (χ4n) is 2.01. The maximum Gasteiger partial charge on any atom is 0.239 e. The number of amides is 1. The molecule has 2 N–H and O–H groups in total. The third-order valence-electron chi connectivity index (χ3n) is 2.97. The first-order valence-electron chi connectivity index (χ1n) is 6.57. The zero-order chi connectivity index (χ0) is 14.4. The van der Waals surface area contributed by atoms with Crippen LogP contribution in [0, 0.1) is 5.92 Å². The third kappa shape index (κ3) is 4.91. The predicted octanol–water partition coefficient (Wildman–Crippen LogP) is 2.03. The number of hydrogen-bond acceptors (Lipinski definition) is 3. The Balaban J connectivity index is 2.62. The van der Waals surface area contributed by atoms with Crippen LogP contribution in [0.3, 0.4) is 0 Å². The van der Waals surface area contributed by atoms with Crippen molar-refractivity contribution in [1.82, 2.24) is 4.90 Å². The maximum atomic E-state index is 12.1. The van der Waals surface area contributed by atoms with Crippen LogP contribution in [0.15, 0.2) is 24.3 Å². The smallest absolute Gasteiger partial charge is 0.239 e. The Kier molecular flexibility index (Phi) is 5.83. The zero-order valence-electron chi connectivity index (χ0n) is 12.2. The molecule has 1 aromatic rings. The molecule has 0 saturated carbocycles. The number of benzene rings is 1. The molecule has 0 aromatic heterocycles. The summed E-state index contributed by atoms with van der Waals surface area (Å²) in [5.74, 6) is 1.20. The SMILES string of the molecule is COc1cccc(CN(C)C(=O)C(N)CC(C)C)c1. The Bertz CT molecular complexity index is 418. The minimum atomic E-state index is -0.421. The van der Waals surface area contributed by atoms with Gasteiger partial charge in [0.05, 0.1) is 13.2 Å². The Morgan fingerprint density at radius 3 is 2.68 bits per heavy atom. The van der Waals surface area contributed by atoms with Crippen LogP contribution < -0.4 is 10.5 Å². The molecule has 106 valence electrons. The van der Waals surface area contributed by atoms with Gasteiger partial charge in [-0.15, -0.1) is 0 Å². The number of carbonyl (C=O) groups is 1. The van der Waals surface area contributed by atoms with E-state index in [4.69, 9.17) is 10.5 Å². The van der Waals surface area contributed by atoms with Crippen LogP contribution in [0.1, 0.15) is 25.8 Å². The molecular weight excluding hydrogens is 240 g/mol. The number of hydrogen-bond donors (Lipinski definition) is 1. The molecule has 1 atom stereocenters. The molecule has 1 amide bonds. The van der Waals surface area contributed by atoms with Crippen LogP contribution in [0.5, 0.6) is 5.75 Å². The van der Waals surface area contributed by atoms with Gasteiger partial charge in [-0.1, -0.05) is 26.0 Å². The monoisotopic (exact) mass is 264 g/mol. The van der Waals surface area contributed by atoms with Crippen molar-refractivity contribution in [2.75, 3.05) is 14.2 Å². The molecule has 1 unspecified atom stereocenters. The first-order chi connectivity index (χ1) is 8.93. The van der Waals surface area contributed by atoms with Crippen LogP contribution in [-0.4, -0.2) is 31.0 Å². The summed E-state index contributed by atoms with van der Waals surface area (Å²) in [6.07, 6.45) is 0.710. The molecule has 0 fully saturated rings. The number of methoxy groups -OCH3 is 1. The van der Waals surface area contributed by atoms with Gasteiger partial charge in [0.15, 0.2) is 0 Å². The Morgan fingerprint density at radius 1 is 1.42 bits per heavy atom.